The van der Waals surface area contributed by atoms with Gasteiger partial charge in [-0.3, -0.25) is 4.68 Å². The minimum absolute atomic E-state index is 0.0987. The average molecular weight is 216 g/mol. The van der Waals surface area contributed by atoms with Crippen LogP contribution in [0.4, 0.5) is 0 Å². The van der Waals surface area contributed by atoms with E-state index in [4.69, 9.17) is 11.6 Å². The lowest BCUT2D eigenvalue weighted by atomic mass is 10.1. The highest BCUT2D eigenvalue weighted by atomic mass is 35.5. The highest BCUT2D eigenvalue weighted by Crippen LogP contribution is 2.19. The Morgan fingerprint density at radius 1 is 1.43 bits per heavy atom. The average Bonchev–Trinajstić information content (AvgIpc) is 2.23. The Balaban J connectivity index is 2.77. The lowest BCUT2D eigenvalue weighted by molar-refractivity contribution is 0.416. The minimum atomic E-state index is 0.0987. The van der Waals surface area contributed by atoms with E-state index in [1.807, 2.05) is 18.7 Å². The number of halogens is 1. The molecule has 0 radical (unpaired) electrons. The molecule has 0 fully saturated rings. The van der Waals surface area contributed by atoms with Crippen LogP contribution >= 0.6 is 11.6 Å². The van der Waals surface area contributed by atoms with Gasteiger partial charge in [-0.1, -0.05) is 11.6 Å². The second-order valence-corrected chi connectivity index (χ2v) is 4.95. The zero-order chi connectivity index (χ0) is 10.9. The summed E-state index contributed by atoms with van der Waals surface area (Å²) in [5, 5.41) is 8.41. The number of hydrogen-bond donors (Lipinski definition) is 1. The van der Waals surface area contributed by atoms with Crippen LogP contribution in [0.3, 0.4) is 0 Å². The van der Waals surface area contributed by atoms with E-state index < -0.39 is 0 Å². The van der Waals surface area contributed by atoms with E-state index >= 15 is 0 Å². The molecule has 1 aromatic rings. The zero-order valence-electron chi connectivity index (χ0n) is 9.48. The van der Waals surface area contributed by atoms with Gasteiger partial charge in [-0.2, -0.15) is 5.10 Å². The van der Waals surface area contributed by atoms with E-state index in [1.54, 1.807) is 0 Å². The van der Waals surface area contributed by atoms with Crippen LogP contribution in [0.25, 0.3) is 0 Å². The Bertz CT molecular complexity index is 323. The lowest BCUT2D eigenvalue weighted by Crippen LogP contribution is -2.35. The van der Waals surface area contributed by atoms with Gasteiger partial charge < -0.3 is 5.32 Å². The third-order valence-corrected chi connectivity index (χ3v) is 2.54. The van der Waals surface area contributed by atoms with Crippen LogP contribution in [0.5, 0.6) is 0 Å². The van der Waals surface area contributed by atoms with Crippen molar-refractivity contribution in [3.8, 4) is 0 Å². The predicted octanol–water partition coefficient (Wildman–Crippen LogP) is 2.27. The van der Waals surface area contributed by atoms with Crippen molar-refractivity contribution in [1.82, 2.24) is 15.1 Å². The lowest BCUT2D eigenvalue weighted by Gasteiger charge is -2.20. The van der Waals surface area contributed by atoms with Crippen molar-refractivity contribution >= 4 is 11.6 Å². The second kappa shape index (κ2) is 3.91. The molecule has 4 heteroatoms. The first-order chi connectivity index (χ1) is 6.31. The van der Waals surface area contributed by atoms with Crippen LogP contribution in [0, 0.1) is 6.92 Å². The molecular formula is C10H18ClN3. The first-order valence-corrected chi connectivity index (χ1v) is 5.12. The van der Waals surface area contributed by atoms with Gasteiger partial charge in [0.2, 0.25) is 0 Å². The molecule has 3 nitrogen and oxygen atoms in total. The fourth-order valence-corrected chi connectivity index (χ4v) is 1.45. The first-order valence-electron chi connectivity index (χ1n) is 4.74. The fourth-order valence-electron chi connectivity index (χ4n) is 1.22. The number of aromatic nitrogens is 2. The summed E-state index contributed by atoms with van der Waals surface area (Å²) >= 11 is 6.12. The molecule has 0 saturated heterocycles. The predicted molar refractivity (Wildman–Crippen MR) is 59.5 cm³/mol. The topological polar surface area (TPSA) is 29.9 Å². The van der Waals surface area contributed by atoms with Crippen molar-refractivity contribution < 1.29 is 0 Å². The number of rotatable bonds is 2. The highest BCUT2D eigenvalue weighted by molar-refractivity contribution is 6.31. The summed E-state index contributed by atoms with van der Waals surface area (Å²) in [6.07, 6.45) is 0. The van der Waals surface area contributed by atoms with Crippen LogP contribution in [0.15, 0.2) is 0 Å². The van der Waals surface area contributed by atoms with Crippen LogP contribution in [-0.2, 0) is 13.6 Å². The third kappa shape index (κ3) is 2.72. The van der Waals surface area contributed by atoms with Crippen LogP contribution in [-0.4, -0.2) is 15.3 Å². The molecule has 1 N–H and O–H groups in total. The van der Waals surface area contributed by atoms with Gasteiger partial charge >= 0.3 is 0 Å². The van der Waals surface area contributed by atoms with Crippen molar-refractivity contribution in [1.29, 1.82) is 0 Å². The Morgan fingerprint density at radius 2 is 2.00 bits per heavy atom. The summed E-state index contributed by atoms with van der Waals surface area (Å²) in [5.74, 6) is 0. The largest absolute Gasteiger partial charge is 0.306 e. The SMILES string of the molecule is Cc1nn(C)c(CNC(C)(C)C)c1Cl. The van der Waals surface area contributed by atoms with Gasteiger partial charge in [0.05, 0.1) is 16.4 Å². The molecule has 1 heterocycles. The highest BCUT2D eigenvalue weighted by Gasteiger charge is 2.14. The molecule has 0 unspecified atom stereocenters. The van der Waals surface area contributed by atoms with Gasteiger partial charge in [0, 0.05) is 19.1 Å². The van der Waals surface area contributed by atoms with Crippen molar-refractivity contribution in [2.24, 2.45) is 7.05 Å². The fraction of sp³-hybridized carbons (Fsp3) is 0.700. The van der Waals surface area contributed by atoms with Crippen molar-refractivity contribution in [3.63, 3.8) is 0 Å². The molecule has 0 aromatic carbocycles. The summed E-state index contributed by atoms with van der Waals surface area (Å²) in [4.78, 5) is 0. The molecule has 14 heavy (non-hydrogen) atoms. The number of aryl methyl sites for hydroxylation is 2. The standard InChI is InChI=1S/C10H18ClN3/c1-7-9(11)8(14(5)13-7)6-12-10(2,3)4/h12H,6H2,1-5H3. The summed E-state index contributed by atoms with van der Waals surface area (Å²) in [6, 6.07) is 0. The summed E-state index contributed by atoms with van der Waals surface area (Å²) in [5.41, 5.74) is 2.03. The Kier molecular flexibility index (Phi) is 3.22. The quantitative estimate of drug-likeness (QED) is 0.821. The summed E-state index contributed by atoms with van der Waals surface area (Å²) < 4.78 is 1.83. The molecule has 0 bridgehead atoms. The summed E-state index contributed by atoms with van der Waals surface area (Å²) in [6.45, 7) is 9.06. The molecule has 0 spiro atoms. The Labute approximate surface area is 90.4 Å². The second-order valence-electron chi connectivity index (χ2n) is 4.57. The van der Waals surface area contributed by atoms with Crippen LogP contribution in [0.2, 0.25) is 5.02 Å². The molecule has 0 atom stereocenters. The smallest absolute Gasteiger partial charge is 0.0860 e. The van der Waals surface area contributed by atoms with E-state index in [0.29, 0.717) is 0 Å². The van der Waals surface area contributed by atoms with Crippen LogP contribution < -0.4 is 5.32 Å². The van der Waals surface area contributed by atoms with E-state index in [0.717, 1.165) is 23.0 Å². The molecule has 0 saturated carbocycles. The first kappa shape index (κ1) is 11.5. The summed E-state index contributed by atoms with van der Waals surface area (Å²) in [7, 11) is 1.92. The molecule has 0 aliphatic heterocycles. The van der Waals surface area contributed by atoms with Gasteiger partial charge in [0.1, 0.15) is 0 Å². The number of nitrogens with zero attached hydrogens (tertiary/aromatic N) is 2. The van der Waals surface area contributed by atoms with E-state index in [-0.39, 0.29) is 5.54 Å². The monoisotopic (exact) mass is 215 g/mol. The molecule has 0 amide bonds. The van der Waals surface area contributed by atoms with Gasteiger partial charge in [0.15, 0.2) is 0 Å². The Hall–Kier alpha value is -0.540. The maximum atomic E-state index is 6.12. The van der Waals surface area contributed by atoms with Gasteiger partial charge in [-0.25, -0.2) is 0 Å². The van der Waals surface area contributed by atoms with Crippen molar-refractivity contribution in [3.05, 3.63) is 16.4 Å². The third-order valence-electron chi connectivity index (χ3n) is 2.05. The van der Waals surface area contributed by atoms with Crippen LogP contribution in [0.1, 0.15) is 32.2 Å². The molecule has 1 rings (SSSR count). The molecular weight excluding hydrogens is 198 g/mol. The molecule has 1 aromatic heterocycles. The van der Waals surface area contributed by atoms with Gasteiger partial charge in [-0.05, 0) is 27.7 Å². The van der Waals surface area contributed by atoms with E-state index in [9.17, 15) is 0 Å². The van der Waals surface area contributed by atoms with E-state index in [2.05, 4.69) is 31.2 Å². The molecule has 0 aliphatic carbocycles. The maximum absolute atomic E-state index is 6.12. The minimum Gasteiger partial charge on any atom is -0.306 e. The Morgan fingerprint density at radius 3 is 2.36 bits per heavy atom. The molecule has 80 valence electrons. The van der Waals surface area contributed by atoms with Gasteiger partial charge in [0.25, 0.3) is 0 Å². The van der Waals surface area contributed by atoms with E-state index in [1.165, 1.54) is 0 Å². The normalized spacial score (nSPS) is 12.1. The number of hydrogen-bond acceptors (Lipinski definition) is 2. The number of nitrogens with one attached hydrogen (secondary N) is 1. The maximum Gasteiger partial charge on any atom is 0.0860 e. The zero-order valence-corrected chi connectivity index (χ0v) is 10.2. The van der Waals surface area contributed by atoms with Crippen molar-refractivity contribution in [2.45, 2.75) is 39.8 Å². The van der Waals surface area contributed by atoms with Crippen molar-refractivity contribution in [2.75, 3.05) is 0 Å². The molecule has 0 aliphatic rings. The van der Waals surface area contributed by atoms with Gasteiger partial charge in [-0.15, -0.1) is 0 Å².